The van der Waals surface area contributed by atoms with Crippen molar-refractivity contribution in [3.05, 3.63) is 29.8 Å². The molecule has 0 bridgehead atoms. The second-order valence-electron chi connectivity index (χ2n) is 3.51. The average molecular weight is 178 g/mol. The van der Waals surface area contributed by atoms with Crippen LogP contribution in [0.15, 0.2) is 29.2 Å². The van der Waals surface area contributed by atoms with E-state index in [1.165, 1.54) is 4.90 Å². The van der Waals surface area contributed by atoms with Crippen molar-refractivity contribution in [1.29, 1.82) is 0 Å². The van der Waals surface area contributed by atoms with Gasteiger partial charge in [0.05, 0.1) is 0 Å². The lowest BCUT2D eigenvalue weighted by Crippen LogP contribution is -1.92. The fraction of sp³-hybridized carbons (Fsp3) is 0.273. The minimum Gasteiger partial charge on any atom is -0.223 e. The highest BCUT2D eigenvalue weighted by Gasteiger charge is 2.06. The lowest BCUT2D eigenvalue weighted by molar-refractivity contribution is 1.42. The van der Waals surface area contributed by atoms with Gasteiger partial charge in [0.15, 0.2) is 0 Å². The number of terminal acetylenes is 1. The van der Waals surface area contributed by atoms with Crippen molar-refractivity contribution in [2.45, 2.75) is 4.90 Å². The quantitative estimate of drug-likeness (QED) is 0.580. The lowest BCUT2D eigenvalue weighted by Gasteiger charge is -2.25. The Kier molecular flexibility index (Phi) is 2.49. The first-order valence-corrected chi connectivity index (χ1v) is 6.65. The Morgan fingerprint density at radius 1 is 1.08 bits per heavy atom. The predicted molar refractivity (Wildman–Crippen MR) is 58.0 cm³/mol. The Labute approximate surface area is 76.3 Å². The molecule has 1 heteroatoms. The average Bonchev–Trinajstić information content (AvgIpc) is 2.03. The molecule has 0 aliphatic rings. The van der Waals surface area contributed by atoms with Crippen LogP contribution in [0, 0.1) is 12.3 Å². The van der Waals surface area contributed by atoms with E-state index in [0.717, 1.165) is 5.56 Å². The molecule has 0 aliphatic heterocycles. The molecule has 1 aromatic carbocycles. The Morgan fingerprint density at radius 2 is 1.58 bits per heavy atom. The molecule has 0 spiro atoms. The third-order valence-electron chi connectivity index (χ3n) is 1.73. The standard InChI is InChI=1S/C11H14S/c1-5-10-6-8-11(9-7-10)12(2,3)4/h1,6-9H,2-4H3. The first kappa shape index (κ1) is 9.22. The molecule has 1 rings (SSSR count). The molecular weight excluding hydrogens is 164 g/mol. The first-order valence-electron chi connectivity index (χ1n) is 3.79. The maximum Gasteiger partial charge on any atom is 0.0243 e. The molecule has 64 valence electrons. The Bertz CT molecular complexity index is 295. The van der Waals surface area contributed by atoms with E-state index in [1.807, 2.05) is 12.1 Å². The zero-order valence-electron chi connectivity index (χ0n) is 7.79. The van der Waals surface area contributed by atoms with Crippen LogP contribution in [0.4, 0.5) is 0 Å². The second-order valence-corrected chi connectivity index (χ2v) is 7.65. The molecule has 0 atom stereocenters. The van der Waals surface area contributed by atoms with Gasteiger partial charge in [-0.15, -0.1) is 6.42 Å². The molecule has 0 saturated heterocycles. The predicted octanol–water partition coefficient (Wildman–Crippen LogP) is 2.72. The summed E-state index contributed by atoms with van der Waals surface area (Å²) in [4.78, 5) is 1.40. The van der Waals surface area contributed by atoms with Crippen LogP contribution in [0.25, 0.3) is 0 Å². The van der Waals surface area contributed by atoms with Crippen LogP contribution in [0.1, 0.15) is 5.56 Å². The summed E-state index contributed by atoms with van der Waals surface area (Å²) in [6.45, 7) is 0. The van der Waals surface area contributed by atoms with Crippen molar-refractivity contribution >= 4 is 10.0 Å². The number of benzene rings is 1. The Morgan fingerprint density at radius 3 is 1.92 bits per heavy atom. The Balaban J connectivity index is 3.02. The van der Waals surface area contributed by atoms with E-state index in [1.54, 1.807) is 0 Å². The molecule has 0 radical (unpaired) electrons. The van der Waals surface area contributed by atoms with E-state index >= 15 is 0 Å². The van der Waals surface area contributed by atoms with Crippen molar-refractivity contribution in [3.8, 4) is 12.3 Å². The molecule has 0 nitrogen and oxygen atoms in total. The van der Waals surface area contributed by atoms with E-state index in [4.69, 9.17) is 6.42 Å². The van der Waals surface area contributed by atoms with E-state index < -0.39 is 10.0 Å². The van der Waals surface area contributed by atoms with Crippen LogP contribution < -0.4 is 0 Å². The van der Waals surface area contributed by atoms with Gasteiger partial charge in [0.25, 0.3) is 0 Å². The molecule has 0 aromatic heterocycles. The van der Waals surface area contributed by atoms with Crippen LogP contribution in [-0.2, 0) is 0 Å². The van der Waals surface area contributed by atoms with Crippen molar-refractivity contribution in [2.75, 3.05) is 18.8 Å². The van der Waals surface area contributed by atoms with Crippen LogP contribution in [0.2, 0.25) is 0 Å². The molecule has 1 aromatic rings. The maximum absolute atomic E-state index is 5.27. The summed E-state index contributed by atoms with van der Waals surface area (Å²) in [5.41, 5.74) is 0.961. The second kappa shape index (κ2) is 3.25. The van der Waals surface area contributed by atoms with Crippen LogP contribution in [0.5, 0.6) is 0 Å². The molecule has 0 saturated carbocycles. The van der Waals surface area contributed by atoms with Gasteiger partial charge in [-0.25, -0.2) is 10.0 Å². The summed E-state index contributed by atoms with van der Waals surface area (Å²) in [5, 5.41) is 0. The third kappa shape index (κ3) is 2.06. The van der Waals surface area contributed by atoms with Crippen molar-refractivity contribution < 1.29 is 0 Å². The SMILES string of the molecule is C#Cc1ccc(S(C)(C)C)cc1. The fourth-order valence-electron chi connectivity index (χ4n) is 0.959. The van der Waals surface area contributed by atoms with Crippen molar-refractivity contribution in [3.63, 3.8) is 0 Å². The van der Waals surface area contributed by atoms with Gasteiger partial charge in [0.2, 0.25) is 0 Å². The topological polar surface area (TPSA) is 0 Å². The first-order chi connectivity index (χ1) is 5.54. The molecule has 0 heterocycles. The molecule has 0 aliphatic carbocycles. The van der Waals surface area contributed by atoms with Gasteiger partial charge < -0.3 is 0 Å². The zero-order chi connectivity index (χ0) is 9.19. The van der Waals surface area contributed by atoms with Crippen LogP contribution >= 0.6 is 10.0 Å². The molecule has 0 N–H and O–H groups in total. The number of hydrogen-bond donors (Lipinski definition) is 0. The minimum atomic E-state index is -0.596. The summed E-state index contributed by atoms with van der Waals surface area (Å²) in [6.07, 6.45) is 12.1. The van der Waals surface area contributed by atoms with E-state index in [-0.39, 0.29) is 0 Å². The zero-order valence-corrected chi connectivity index (χ0v) is 8.61. The van der Waals surface area contributed by atoms with Gasteiger partial charge in [-0.05, 0) is 47.9 Å². The normalized spacial score (nSPS) is 12.2. The summed E-state index contributed by atoms with van der Waals surface area (Å²) in [5.74, 6) is 2.61. The monoisotopic (exact) mass is 178 g/mol. The largest absolute Gasteiger partial charge is 0.223 e. The van der Waals surface area contributed by atoms with Gasteiger partial charge in [-0.3, -0.25) is 0 Å². The van der Waals surface area contributed by atoms with E-state index in [0.29, 0.717) is 0 Å². The van der Waals surface area contributed by atoms with Gasteiger partial charge in [-0.2, -0.15) is 0 Å². The molecule has 12 heavy (non-hydrogen) atoms. The molecule has 0 unspecified atom stereocenters. The van der Waals surface area contributed by atoms with Crippen molar-refractivity contribution in [1.82, 2.24) is 0 Å². The highest BCUT2D eigenvalue weighted by molar-refractivity contribution is 8.32. The minimum absolute atomic E-state index is 0.596. The molecular formula is C11H14S. The maximum atomic E-state index is 5.27. The number of rotatable bonds is 1. The fourth-order valence-corrected chi connectivity index (χ4v) is 1.91. The Hall–Kier alpha value is -0.870. The summed E-state index contributed by atoms with van der Waals surface area (Å²) in [6, 6.07) is 8.27. The van der Waals surface area contributed by atoms with E-state index in [9.17, 15) is 0 Å². The summed E-state index contributed by atoms with van der Waals surface area (Å²) in [7, 11) is -0.596. The number of hydrogen-bond acceptors (Lipinski definition) is 0. The highest BCUT2D eigenvalue weighted by atomic mass is 32.3. The summed E-state index contributed by atoms with van der Waals surface area (Å²) < 4.78 is 0. The van der Waals surface area contributed by atoms with Gasteiger partial charge in [-0.1, -0.05) is 5.92 Å². The van der Waals surface area contributed by atoms with Crippen LogP contribution in [-0.4, -0.2) is 18.8 Å². The third-order valence-corrected chi connectivity index (χ3v) is 3.41. The summed E-state index contributed by atoms with van der Waals surface area (Å²) >= 11 is 0. The highest BCUT2D eigenvalue weighted by Crippen LogP contribution is 2.44. The van der Waals surface area contributed by atoms with Gasteiger partial charge >= 0.3 is 0 Å². The van der Waals surface area contributed by atoms with Crippen molar-refractivity contribution in [2.24, 2.45) is 0 Å². The van der Waals surface area contributed by atoms with Gasteiger partial charge in [0.1, 0.15) is 0 Å². The smallest absolute Gasteiger partial charge is 0.0243 e. The van der Waals surface area contributed by atoms with E-state index in [2.05, 4.69) is 36.8 Å². The molecule has 0 fully saturated rings. The van der Waals surface area contributed by atoms with Gasteiger partial charge in [0, 0.05) is 5.56 Å². The lowest BCUT2D eigenvalue weighted by atomic mass is 10.2. The van der Waals surface area contributed by atoms with Crippen LogP contribution in [0.3, 0.4) is 0 Å². The molecule has 0 amide bonds.